The SMILES string of the molecule is CO/N=C(/N)c1ncc(-c2c(F)cc(OCCCN(C)C(=O)OC(C)(C)C)c(N3CCCCCC3)c2F)c(Cl)n1. The Labute approximate surface area is 238 Å². The lowest BCUT2D eigenvalue weighted by Gasteiger charge is -2.27. The van der Waals surface area contributed by atoms with Crippen molar-refractivity contribution in [1.82, 2.24) is 14.9 Å². The largest absolute Gasteiger partial charge is 0.491 e. The maximum atomic E-state index is 16.2. The van der Waals surface area contributed by atoms with Crippen LogP contribution in [0.15, 0.2) is 17.4 Å². The van der Waals surface area contributed by atoms with Crippen LogP contribution in [0.2, 0.25) is 5.15 Å². The van der Waals surface area contributed by atoms with Gasteiger partial charge in [0, 0.05) is 44.5 Å². The Bertz CT molecular complexity index is 1220. The first kappa shape index (κ1) is 31.1. The fraction of sp³-hybridized carbons (Fsp3) is 0.556. The minimum Gasteiger partial charge on any atom is -0.491 e. The van der Waals surface area contributed by atoms with Crippen LogP contribution < -0.4 is 15.4 Å². The van der Waals surface area contributed by atoms with Crippen LogP contribution in [0, 0.1) is 11.6 Å². The van der Waals surface area contributed by atoms with Gasteiger partial charge >= 0.3 is 6.09 Å². The molecule has 10 nitrogen and oxygen atoms in total. The van der Waals surface area contributed by atoms with E-state index in [-0.39, 0.29) is 46.0 Å². The summed E-state index contributed by atoms with van der Waals surface area (Å²) >= 11 is 6.33. The van der Waals surface area contributed by atoms with Crippen molar-refractivity contribution in [3.05, 3.63) is 34.9 Å². The summed E-state index contributed by atoms with van der Waals surface area (Å²) in [7, 11) is 2.93. The first-order chi connectivity index (χ1) is 18.9. The first-order valence-corrected chi connectivity index (χ1v) is 13.5. The Kier molecular flexibility index (Phi) is 10.7. The summed E-state index contributed by atoms with van der Waals surface area (Å²) < 4.78 is 43.0. The van der Waals surface area contributed by atoms with E-state index in [9.17, 15) is 4.79 Å². The number of amides is 1. The van der Waals surface area contributed by atoms with Gasteiger partial charge in [-0.3, -0.25) is 0 Å². The Balaban J connectivity index is 1.90. The molecule has 2 heterocycles. The second kappa shape index (κ2) is 13.8. The zero-order chi connectivity index (χ0) is 29.4. The molecule has 1 aromatic heterocycles. The van der Waals surface area contributed by atoms with Gasteiger partial charge in [0.15, 0.2) is 11.6 Å². The topological polar surface area (TPSA) is 115 Å². The van der Waals surface area contributed by atoms with Gasteiger partial charge in [0.2, 0.25) is 5.84 Å². The number of halogens is 3. The van der Waals surface area contributed by atoms with E-state index in [1.54, 1.807) is 27.8 Å². The summed E-state index contributed by atoms with van der Waals surface area (Å²) in [4.78, 5) is 28.2. The fourth-order valence-corrected chi connectivity index (χ4v) is 4.46. The van der Waals surface area contributed by atoms with Crippen LogP contribution >= 0.6 is 11.6 Å². The molecule has 1 fully saturated rings. The van der Waals surface area contributed by atoms with E-state index < -0.39 is 23.3 Å². The quantitative estimate of drug-likeness (QED) is 0.138. The van der Waals surface area contributed by atoms with Gasteiger partial charge in [-0.2, -0.15) is 0 Å². The molecule has 2 N–H and O–H groups in total. The maximum absolute atomic E-state index is 16.2. The van der Waals surface area contributed by atoms with Crippen molar-refractivity contribution < 1.29 is 27.9 Å². The predicted octanol–water partition coefficient (Wildman–Crippen LogP) is 5.36. The lowest BCUT2D eigenvalue weighted by atomic mass is 10.0. The number of nitrogens with two attached hydrogens (primary N) is 1. The zero-order valence-electron chi connectivity index (χ0n) is 23.6. The Morgan fingerprint density at radius 2 is 1.90 bits per heavy atom. The average Bonchev–Trinajstić information content (AvgIpc) is 3.15. The zero-order valence-corrected chi connectivity index (χ0v) is 24.4. The van der Waals surface area contributed by atoms with Crippen LogP contribution in [-0.2, 0) is 9.57 Å². The molecule has 40 heavy (non-hydrogen) atoms. The molecule has 0 aliphatic carbocycles. The smallest absolute Gasteiger partial charge is 0.410 e. The molecule has 1 aromatic carbocycles. The van der Waals surface area contributed by atoms with Crippen LogP contribution in [0.25, 0.3) is 11.1 Å². The number of carbonyl (C=O) groups excluding carboxylic acids is 1. The van der Waals surface area contributed by atoms with Gasteiger partial charge in [0.05, 0.1) is 12.2 Å². The molecule has 1 aliphatic rings. The van der Waals surface area contributed by atoms with Gasteiger partial charge in [0.25, 0.3) is 0 Å². The number of nitrogens with zero attached hydrogens (tertiary/aromatic N) is 5. The summed E-state index contributed by atoms with van der Waals surface area (Å²) in [5, 5.41) is 3.35. The molecule has 0 atom stereocenters. The van der Waals surface area contributed by atoms with Gasteiger partial charge < -0.3 is 29.8 Å². The summed E-state index contributed by atoms with van der Waals surface area (Å²) in [6.45, 7) is 7.02. The first-order valence-electron chi connectivity index (χ1n) is 13.2. The van der Waals surface area contributed by atoms with Crippen molar-refractivity contribution in [3.8, 4) is 16.9 Å². The number of hydrogen-bond donors (Lipinski definition) is 1. The molecular weight excluding hydrogens is 546 g/mol. The number of oxime groups is 1. The maximum Gasteiger partial charge on any atom is 0.410 e. The normalized spacial score (nSPS) is 14.5. The summed E-state index contributed by atoms with van der Waals surface area (Å²) in [5.74, 6) is -1.80. The molecule has 0 saturated carbocycles. The highest BCUT2D eigenvalue weighted by Gasteiger charge is 2.28. The molecule has 1 aliphatic heterocycles. The minimum absolute atomic E-state index is 0.0350. The third kappa shape index (κ3) is 8.06. The van der Waals surface area contributed by atoms with Crippen molar-refractivity contribution in [2.24, 2.45) is 10.9 Å². The second-order valence-electron chi connectivity index (χ2n) is 10.5. The highest BCUT2D eigenvalue weighted by atomic mass is 35.5. The van der Waals surface area contributed by atoms with Crippen LogP contribution in [0.5, 0.6) is 5.75 Å². The number of amidine groups is 1. The number of hydrogen-bond acceptors (Lipinski definition) is 8. The molecular formula is C27H37ClF2N6O4. The molecule has 3 rings (SSSR count). The van der Waals surface area contributed by atoms with Gasteiger partial charge in [-0.1, -0.05) is 29.6 Å². The monoisotopic (exact) mass is 582 g/mol. The summed E-state index contributed by atoms with van der Waals surface area (Å²) in [6, 6.07) is 1.15. The van der Waals surface area contributed by atoms with Gasteiger partial charge in [-0.05, 0) is 40.0 Å². The van der Waals surface area contributed by atoms with Crippen molar-refractivity contribution in [2.75, 3.05) is 45.3 Å². The Morgan fingerprint density at radius 3 is 2.50 bits per heavy atom. The second-order valence-corrected chi connectivity index (χ2v) is 10.8. The van der Waals surface area contributed by atoms with Crippen molar-refractivity contribution >= 4 is 29.2 Å². The molecule has 13 heteroatoms. The van der Waals surface area contributed by atoms with E-state index in [1.807, 2.05) is 4.90 Å². The third-order valence-corrected chi connectivity index (χ3v) is 6.40. The third-order valence-electron chi connectivity index (χ3n) is 6.11. The van der Waals surface area contributed by atoms with Crippen molar-refractivity contribution in [2.45, 2.75) is 58.5 Å². The lowest BCUT2D eigenvalue weighted by molar-refractivity contribution is 0.0292. The average molecular weight is 583 g/mol. The molecule has 0 bridgehead atoms. The van der Waals surface area contributed by atoms with Gasteiger partial charge in [-0.25, -0.2) is 23.5 Å². The fourth-order valence-electron chi connectivity index (χ4n) is 4.24. The summed E-state index contributed by atoms with van der Waals surface area (Å²) in [6.07, 6.45) is 4.93. The lowest BCUT2D eigenvalue weighted by Crippen LogP contribution is -2.35. The number of rotatable bonds is 9. The van der Waals surface area contributed by atoms with Gasteiger partial charge in [-0.15, -0.1) is 0 Å². The molecule has 0 unspecified atom stereocenters. The predicted molar refractivity (Wildman–Crippen MR) is 150 cm³/mol. The Hall–Kier alpha value is -3.41. The van der Waals surface area contributed by atoms with Gasteiger partial charge in [0.1, 0.15) is 35.1 Å². The van der Waals surface area contributed by atoms with E-state index in [1.165, 1.54) is 18.2 Å². The highest BCUT2D eigenvalue weighted by molar-refractivity contribution is 6.32. The molecule has 1 amide bonds. The molecule has 1 saturated heterocycles. The molecule has 0 radical (unpaired) electrons. The number of aromatic nitrogens is 2. The van der Waals surface area contributed by atoms with Crippen molar-refractivity contribution in [1.29, 1.82) is 0 Å². The van der Waals surface area contributed by atoms with E-state index in [0.717, 1.165) is 31.7 Å². The standard InChI is InChI=1S/C27H37ClF2N6O4/c1-27(2,3)40-26(37)35(4)11-10-14-39-19-15-18(29)20(21(30)22(19)36-12-8-6-7-9-13-36)17-16-32-25(33-23(17)28)24(31)34-38-5/h15-16H,6-14H2,1-5H3,(H2,31,34). The highest BCUT2D eigenvalue weighted by Crippen LogP contribution is 2.42. The van der Waals surface area contributed by atoms with Crippen LogP contribution in [0.1, 0.15) is 58.7 Å². The Morgan fingerprint density at radius 1 is 1.23 bits per heavy atom. The number of ether oxygens (including phenoxy) is 2. The van der Waals surface area contributed by atoms with Crippen molar-refractivity contribution in [3.63, 3.8) is 0 Å². The number of anilines is 1. The van der Waals surface area contributed by atoms with Crippen LogP contribution in [0.3, 0.4) is 0 Å². The molecule has 220 valence electrons. The van der Waals surface area contributed by atoms with Crippen LogP contribution in [0.4, 0.5) is 19.3 Å². The van der Waals surface area contributed by atoms with E-state index in [2.05, 4.69) is 20.0 Å². The summed E-state index contributed by atoms with van der Waals surface area (Å²) in [5.41, 5.74) is 4.88. The molecule has 0 spiro atoms. The number of benzene rings is 1. The number of carbonyl (C=O) groups is 1. The van der Waals surface area contributed by atoms with Crippen LogP contribution in [-0.4, -0.2) is 72.8 Å². The molecule has 2 aromatic rings. The minimum atomic E-state index is -0.881. The van der Waals surface area contributed by atoms with E-state index >= 15 is 8.78 Å². The van der Waals surface area contributed by atoms with E-state index in [4.69, 9.17) is 26.8 Å². The van der Waals surface area contributed by atoms with E-state index in [0.29, 0.717) is 26.1 Å².